The van der Waals surface area contributed by atoms with Crippen molar-refractivity contribution in [1.82, 2.24) is 14.6 Å². The zero-order valence-corrected chi connectivity index (χ0v) is 22.9. The highest BCUT2D eigenvalue weighted by atomic mass is 32.5. The number of nitrogens with zero attached hydrogens (tertiary/aromatic N) is 1. The molecule has 14 heteroatoms. The number of esters is 1. The van der Waals surface area contributed by atoms with Crippen LogP contribution in [0.3, 0.4) is 0 Å². The monoisotopic (exact) mass is 557 g/mol. The molecular formula is C23H32N3O9PS. The Labute approximate surface area is 219 Å². The van der Waals surface area contributed by atoms with Crippen LogP contribution in [0.4, 0.5) is 0 Å². The predicted octanol–water partition coefficient (Wildman–Crippen LogP) is 1.45. The van der Waals surface area contributed by atoms with Gasteiger partial charge in [0, 0.05) is 19.4 Å². The zero-order chi connectivity index (χ0) is 27.4. The molecule has 1 aliphatic rings. The van der Waals surface area contributed by atoms with Crippen LogP contribution in [0.1, 0.15) is 33.9 Å². The van der Waals surface area contributed by atoms with Crippen molar-refractivity contribution in [3.63, 3.8) is 0 Å². The summed E-state index contributed by atoms with van der Waals surface area (Å²) in [5.41, 5.74) is -2.68. The van der Waals surface area contributed by atoms with Crippen LogP contribution in [-0.2, 0) is 35.3 Å². The number of H-pyrrole nitrogens is 1. The predicted molar refractivity (Wildman–Crippen MR) is 138 cm³/mol. The van der Waals surface area contributed by atoms with Gasteiger partial charge >= 0.3 is 18.3 Å². The largest absolute Gasteiger partial charge is 0.462 e. The molecule has 6 unspecified atom stereocenters. The SMILES string of the molecule is COC1(C)C(O)C(COP(=S)(NC(C)C(=O)OC(C)C)Oc2ccccc2)OC1n1ccc(=O)[nH]c1=O. The number of hydrogen-bond donors (Lipinski definition) is 3. The van der Waals surface area contributed by atoms with Crippen LogP contribution < -0.4 is 20.9 Å². The van der Waals surface area contributed by atoms with Crippen molar-refractivity contribution >= 4 is 24.4 Å². The van der Waals surface area contributed by atoms with Crippen LogP contribution in [0.2, 0.25) is 0 Å². The van der Waals surface area contributed by atoms with E-state index in [1.54, 1.807) is 58.0 Å². The van der Waals surface area contributed by atoms with Crippen LogP contribution in [0, 0.1) is 0 Å². The number of rotatable bonds is 11. The van der Waals surface area contributed by atoms with Gasteiger partial charge in [0.15, 0.2) is 6.23 Å². The van der Waals surface area contributed by atoms with E-state index in [1.165, 1.54) is 13.3 Å². The number of carbonyl (C=O) groups excluding carboxylic acids is 1. The van der Waals surface area contributed by atoms with E-state index >= 15 is 0 Å². The van der Waals surface area contributed by atoms with Gasteiger partial charge in [0.05, 0.1) is 12.7 Å². The molecule has 1 saturated heterocycles. The van der Waals surface area contributed by atoms with Crippen molar-refractivity contribution in [3.05, 3.63) is 63.4 Å². The first-order valence-electron chi connectivity index (χ1n) is 11.6. The molecule has 0 aliphatic carbocycles. The highest BCUT2D eigenvalue weighted by Gasteiger charge is 2.55. The minimum Gasteiger partial charge on any atom is -0.462 e. The first-order chi connectivity index (χ1) is 17.4. The van der Waals surface area contributed by atoms with Crippen LogP contribution in [0.5, 0.6) is 5.75 Å². The Morgan fingerprint density at radius 3 is 2.54 bits per heavy atom. The number of carbonyl (C=O) groups is 1. The standard InChI is InChI=1S/C23H32N3O9PS/c1-14(2)33-20(29)15(3)25-36(37,35-16-9-7-6-8-10-16)32-13-17-19(28)23(4,31-5)21(34-17)26-12-11-18(27)24-22(26)30/h6-12,14-15,17,19,21,28H,13H2,1-5H3,(H,25,37)(H,24,27,30). The fraction of sp³-hybridized carbons (Fsp3) is 0.522. The molecule has 0 bridgehead atoms. The molecule has 0 saturated carbocycles. The van der Waals surface area contributed by atoms with E-state index in [2.05, 4.69) is 10.1 Å². The van der Waals surface area contributed by atoms with E-state index in [4.69, 9.17) is 35.1 Å². The summed E-state index contributed by atoms with van der Waals surface area (Å²) >= 11 is 5.69. The van der Waals surface area contributed by atoms with Crippen molar-refractivity contribution in [2.75, 3.05) is 13.7 Å². The lowest BCUT2D eigenvalue weighted by atomic mass is 9.96. The Hall–Kier alpha value is -2.38. The topological polar surface area (TPSA) is 150 Å². The van der Waals surface area contributed by atoms with Gasteiger partial charge in [-0.15, -0.1) is 0 Å². The summed E-state index contributed by atoms with van der Waals surface area (Å²) in [6, 6.07) is 8.99. The molecule has 3 N–H and O–H groups in total. The Morgan fingerprint density at radius 2 is 1.95 bits per heavy atom. The van der Waals surface area contributed by atoms with Crippen LogP contribution in [-0.4, -0.2) is 64.3 Å². The number of hydrogen-bond acceptors (Lipinski definition) is 10. The molecule has 6 atom stereocenters. The summed E-state index contributed by atoms with van der Waals surface area (Å²) < 4.78 is 29.8. The van der Waals surface area contributed by atoms with Crippen molar-refractivity contribution in [2.24, 2.45) is 0 Å². The molecule has 12 nitrogen and oxygen atoms in total. The van der Waals surface area contributed by atoms with Crippen LogP contribution in [0.25, 0.3) is 0 Å². The smallest absolute Gasteiger partial charge is 0.330 e. The number of nitrogens with one attached hydrogen (secondary N) is 2. The first-order valence-corrected chi connectivity index (χ1v) is 14.2. The van der Waals surface area contributed by atoms with Crippen molar-refractivity contribution in [1.29, 1.82) is 0 Å². The molecule has 37 heavy (non-hydrogen) atoms. The number of aromatic amines is 1. The molecule has 0 amide bonds. The maximum absolute atomic E-state index is 12.4. The summed E-state index contributed by atoms with van der Waals surface area (Å²) in [5.74, 6) is -0.124. The first kappa shape index (κ1) is 29.2. The van der Waals surface area contributed by atoms with Crippen molar-refractivity contribution in [2.45, 2.75) is 63.9 Å². The molecule has 2 aromatic rings. The Bertz CT molecular complexity index is 1240. The molecule has 1 aromatic heterocycles. The third-order valence-electron chi connectivity index (χ3n) is 5.71. The minimum atomic E-state index is -3.40. The normalized spacial score (nSPS) is 26.0. The van der Waals surface area contributed by atoms with Gasteiger partial charge in [-0.05, 0) is 51.6 Å². The Balaban J connectivity index is 1.83. The molecule has 2 heterocycles. The second-order valence-corrected chi connectivity index (χ2v) is 12.0. The minimum absolute atomic E-state index is 0.266. The summed E-state index contributed by atoms with van der Waals surface area (Å²) in [6.07, 6.45) is -2.43. The van der Waals surface area contributed by atoms with Crippen molar-refractivity contribution in [3.8, 4) is 5.75 Å². The highest BCUT2D eigenvalue weighted by Crippen LogP contribution is 2.47. The maximum atomic E-state index is 12.4. The summed E-state index contributed by atoms with van der Waals surface area (Å²) in [5, 5.41) is 14.0. The van der Waals surface area contributed by atoms with Gasteiger partial charge in [-0.3, -0.25) is 19.1 Å². The van der Waals surface area contributed by atoms with Gasteiger partial charge in [-0.25, -0.2) is 9.88 Å². The van der Waals surface area contributed by atoms with E-state index in [0.717, 1.165) is 10.6 Å². The number of methoxy groups -OCH3 is 1. The Kier molecular flexibility index (Phi) is 9.46. The fourth-order valence-electron chi connectivity index (χ4n) is 3.70. The fourth-order valence-corrected chi connectivity index (χ4v) is 6.12. The lowest BCUT2D eigenvalue weighted by Crippen LogP contribution is -2.48. The van der Waals surface area contributed by atoms with Gasteiger partial charge in [-0.1, -0.05) is 18.2 Å². The van der Waals surface area contributed by atoms with Gasteiger partial charge in [0.2, 0.25) is 0 Å². The molecule has 3 rings (SSSR count). The summed E-state index contributed by atoms with van der Waals surface area (Å²) in [7, 11) is 1.37. The van der Waals surface area contributed by atoms with Gasteiger partial charge in [0.1, 0.15) is 29.6 Å². The van der Waals surface area contributed by atoms with Crippen LogP contribution >= 0.6 is 6.64 Å². The van der Waals surface area contributed by atoms with Crippen molar-refractivity contribution < 1.29 is 33.2 Å². The van der Waals surface area contributed by atoms with E-state index in [9.17, 15) is 19.5 Å². The quantitative estimate of drug-likeness (QED) is 0.272. The molecule has 204 valence electrons. The second kappa shape index (κ2) is 12.0. The number of ether oxygens (including phenoxy) is 3. The molecule has 1 fully saturated rings. The number of benzene rings is 1. The zero-order valence-electron chi connectivity index (χ0n) is 21.2. The lowest BCUT2D eigenvalue weighted by Gasteiger charge is -2.31. The maximum Gasteiger partial charge on any atom is 0.330 e. The third-order valence-corrected chi connectivity index (χ3v) is 8.21. The molecule has 0 spiro atoms. The highest BCUT2D eigenvalue weighted by molar-refractivity contribution is 8.09. The van der Waals surface area contributed by atoms with E-state index in [0.29, 0.717) is 5.75 Å². The summed E-state index contributed by atoms with van der Waals surface area (Å²) in [6.45, 7) is 2.94. The van der Waals surface area contributed by atoms with E-state index in [-0.39, 0.29) is 12.7 Å². The van der Waals surface area contributed by atoms with E-state index in [1.807, 2.05) is 0 Å². The molecular weight excluding hydrogens is 525 g/mol. The van der Waals surface area contributed by atoms with Gasteiger partial charge in [-0.2, -0.15) is 0 Å². The molecule has 0 radical (unpaired) electrons. The van der Waals surface area contributed by atoms with Gasteiger partial charge in [0.25, 0.3) is 5.56 Å². The lowest BCUT2D eigenvalue weighted by molar-refractivity contribution is -0.149. The number of aromatic nitrogens is 2. The van der Waals surface area contributed by atoms with Crippen LogP contribution in [0.15, 0.2) is 52.2 Å². The Morgan fingerprint density at radius 1 is 1.27 bits per heavy atom. The number of aliphatic hydroxyl groups is 1. The second-order valence-electron chi connectivity index (χ2n) is 8.91. The third kappa shape index (κ3) is 6.94. The average molecular weight is 558 g/mol. The average Bonchev–Trinajstić information content (AvgIpc) is 3.08. The van der Waals surface area contributed by atoms with E-state index < -0.39 is 53.9 Å². The molecule has 1 aromatic carbocycles. The summed E-state index contributed by atoms with van der Waals surface area (Å²) in [4.78, 5) is 38.5. The van der Waals surface area contributed by atoms with Gasteiger partial charge < -0.3 is 28.4 Å². The number of para-hydroxylation sites is 1. The molecule has 1 aliphatic heterocycles. The number of aliphatic hydroxyl groups excluding tert-OH is 1.